The maximum Gasteiger partial charge on any atom is 0.0598 e. The van der Waals surface area contributed by atoms with Crippen molar-refractivity contribution < 1.29 is 4.74 Å². The van der Waals surface area contributed by atoms with Crippen LogP contribution in [0.15, 0.2) is 0 Å². The lowest BCUT2D eigenvalue weighted by atomic mass is 9.76. The molecule has 0 heterocycles. The van der Waals surface area contributed by atoms with E-state index in [1.807, 2.05) is 0 Å². The van der Waals surface area contributed by atoms with Crippen molar-refractivity contribution in [2.75, 3.05) is 6.61 Å². The van der Waals surface area contributed by atoms with Gasteiger partial charge in [-0.3, -0.25) is 0 Å². The molecule has 1 nitrogen and oxygen atoms in total. The van der Waals surface area contributed by atoms with Crippen LogP contribution >= 0.6 is 0 Å². The van der Waals surface area contributed by atoms with E-state index in [0.29, 0.717) is 0 Å². The standard InChI is InChI=1S/C36H68OSi/c1-7-8-9-12-19-28-26-34(32-23-16-14-21-30(28)32)38(5,6)35-27-29(31-22-15-17-24-33(31)35)20-13-10-11-18-25-37-36(2,3)4/h28-35H,7-27H2,1-6H3. The molecule has 0 spiro atoms. The summed E-state index contributed by atoms with van der Waals surface area (Å²) in [4.78, 5) is 0. The Morgan fingerprint density at radius 1 is 0.605 bits per heavy atom. The van der Waals surface area contributed by atoms with Gasteiger partial charge in [0.15, 0.2) is 0 Å². The molecular formula is C36H68OSi. The van der Waals surface area contributed by atoms with Crippen LogP contribution in [0.1, 0.15) is 156 Å². The van der Waals surface area contributed by atoms with Crippen LogP contribution in [-0.4, -0.2) is 20.3 Å². The Balaban J connectivity index is 1.34. The molecule has 4 aliphatic carbocycles. The zero-order valence-electron chi connectivity index (χ0n) is 26.9. The Morgan fingerprint density at radius 3 is 1.53 bits per heavy atom. The summed E-state index contributed by atoms with van der Waals surface area (Å²) in [6.07, 6.45) is 30.3. The minimum absolute atomic E-state index is 0.0254. The van der Waals surface area contributed by atoms with Crippen LogP contribution in [0, 0.1) is 35.5 Å². The highest BCUT2D eigenvalue weighted by Crippen LogP contribution is 2.64. The van der Waals surface area contributed by atoms with E-state index in [1.165, 1.54) is 57.8 Å². The van der Waals surface area contributed by atoms with Gasteiger partial charge < -0.3 is 4.74 Å². The van der Waals surface area contributed by atoms with E-state index in [4.69, 9.17) is 4.74 Å². The van der Waals surface area contributed by atoms with Crippen molar-refractivity contribution in [3.8, 4) is 0 Å². The van der Waals surface area contributed by atoms with Gasteiger partial charge in [-0.2, -0.15) is 0 Å². The second-order valence-electron chi connectivity index (χ2n) is 16.3. The first kappa shape index (κ1) is 31.1. The largest absolute Gasteiger partial charge is 0.376 e. The van der Waals surface area contributed by atoms with Gasteiger partial charge in [-0.1, -0.05) is 116 Å². The van der Waals surface area contributed by atoms with Gasteiger partial charge in [-0.25, -0.2) is 0 Å². The SMILES string of the molecule is CCCCCCC1CC([Si](C)(C)C2CC(CCCCCCOC(C)(C)C)C3CCCCC32)C2CCCCC12. The van der Waals surface area contributed by atoms with Gasteiger partial charge in [-0.05, 0) is 99.5 Å². The van der Waals surface area contributed by atoms with Gasteiger partial charge in [0.25, 0.3) is 0 Å². The second kappa shape index (κ2) is 14.4. The van der Waals surface area contributed by atoms with Gasteiger partial charge in [-0.15, -0.1) is 0 Å². The topological polar surface area (TPSA) is 9.23 Å². The molecule has 4 rings (SSSR count). The fourth-order valence-corrected chi connectivity index (χ4v) is 16.0. The molecule has 8 atom stereocenters. The summed E-state index contributed by atoms with van der Waals surface area (Å²) in [5.74, 6) is 6.60. The Bertz CT molecular complexity index is 679. The van der Waals surface area contributed by atoms with Crippen LogP contribution in [-0.2, 0) is 4.74 Å². The average Bonchev–Trinajstić information content (AvgIpc) is 3.45. The summed E-state index contributed by atoms with van der Waals surface area (Å²) < 4.78 is 5.96. The van der Waals surface area contributed by atoms with E-state index in [2.05, 4.69) is 40.8 Å². The Labute approximate surface area is 240 Å². The number of hydrogen-bond acceptors (Lipinski definition) is 1. The molecule has 0 aromatic carbocycles. The molecule has 0 N–H and O–H groups in total. The van der Waals surface area contributed by atoms with E-state index in [1.54, 1.807) is 70.6 Å². The lowest BCUT2D eigenvalue weighted by molar-refractivity contribution is -0.00478. The van der Waals surface area contributed by atoms with Gasteiger partial charge >= 0.3 is 0 Å². The molecule has 4 aliphatic rings. The molecule has 0 amide bonds. The zero-order valence-corrected chi connectivity index (χ0v) is 27.9. The number of ether oxygens (including phenoxy) is 1. The first-order chi connectivity index (χ1) is 18.2. The predicted molar refractivity (Wildman–Crippen MR) is 170 cm³/mol. The molecule has 0 aliphatic heterocycles. The minimum Gasteiger partial charge on any atom is -0.376 e. The Morgan fingerprint density at radius 2 is 1.05 bits per heavy atom. The minimum atomic E-state index is -1.29. The number of rotatable bonds is 14. The third kappa shape index (κ3) is 7.92. The summed E-state index contributed by atoms with van der Waals surface area (Å²) in [5.41, 5.74) is 2.32. The molecule has 222 valence electrons. The van der Waals surface area contributed by atoms with Crippen LogP contribution in [0.4, 0.5) is 0 Å². The van der Waals surface area contributed by atoms with Crippen molar-refractivity contribution in [3.05, 3.63) is 0 Å². The molecule has 0 bridgehead atoms. The van der Waals surface area contributed by atoms with Gasteiger partial charge in [0, 0.05) is 6.61 Å². The van der Waals surface area contributed by atoms with E-state index in [9.17, 15) is 0 Å². The molecule has 8 unspecified atom stereocenters. The molecule has 0 radical (unpaired) electrons. The highest BCUT2D eigenvalue weighted by atomic mass is 28.3. The maximum atomic E-state index is 5.96. The summed E-state index contributed by atoms with van der Waals surface area (Å²) in [6.45, 7) is 15.7. The molecule has 0 aromatic heterocycles. The predicted octanol–water partition coefficient (Wildman–Crippen LogP) is 11.8. The first-order valence-electron chi connectivity index (χ1n) is 17.9. The average molecular weight is 545 g/mol. The van der Waals surface area contributed by atoms with Crippen molar-refractivity contribution in [2.45, 2.75) is 186 Å². The Hall–Kier alpha value is 0.177. The highest BCUT2D eigenvalue weighted by molar-refractivity contribution is 6.80. The second-order valence-corrected chi connectivity index (χ2v) is 21.4. The van der Waals surface area contributed by atoms with Crippen molar-refractivity contribution >= 4 is 8.07 Å². The van der Waals surface area contributed by atoms with Gasteiger partial charge in [0.2, 0.25) is 0 Å². The summed E-state index contributed by atoms with van der Waals surface area (Å²) in [7, 11) is -1.29. The lowest BCUT2D eigenvalue weighted by Gasteiger charge is -2.45. The van der Waals surface area contributed by atoms with Gasteiger partial charge in [0.05, 0.1) is 13.7 Å². The lowest BCUT2D eigenvalue weighted by Crippen LogP contribution is -2.43. The van der Waals surface area contributed by atoms with Crippen LogP contribution < -0.4 is 0 Å². The third-order valence-electron chi connectivity index (χ3n) is 12.5. The van der Waals surface area contributed by atoms with Crippen LogP contribution in [0.3, 0.4) is 0 Å². The summed E-state index contributed by atoms with van der Waals surface area (Å²) in [5, 5.41) is 0. The molecule has 4 saturated carbocycles. The summed E-state index contributed by atoms with van der Waals surface area (Å²) in [6, 6.07) is 0. The number of fused-ring (bicyclic) bond motifs is 2. The van der Waals surface area contributed by atoms with Crippen LogP contribution in [0.5, 0.6) is 0 Å². The molecule has 4 fully saturated rings. The van der Waals surface area contributed by atoms with Crippen LogP contribution in [0.25, 0.3) is 0 Å². The monoisotopic (exact) mass is 545 g/mol. The first-order valence-corrected chi connectivity index (χ1v) is 21.0. The fraction of sp³-hybridized carbons (Fsp3) is 1.00. The normalized spacial score (nSPS) is 35.8. The van der Waals surface area contributed by atoms with Crippen molar-refractivity contribution in [3.63, 3.8) is 0 Å². The highest BCUT2D eigenvalue weighted by Gasteiger charge is 2.57. The quantitative estimate of drug-likeness (QED) is 0.156. The fourth-order valence-electron chi connectivity index (χ4n) is 10.6. The van der Waals surface area contributed by atoms with E-state index < -0.39 is 8.07 Å². The third-order valence-corrected chi connectivity index (χ3v) is 17.6. The maximum absolute atomic E-state index is 5.96. The van der Waals surface area contributed by atoms with E-state index in [-0.39, 0.29) is 5.60 Å². The molecule has 2 heteroatoms. The molecule has 38 heavy (non-hydrogen) atoms. The van der Waals surface area contributed by atoms with Crippen molar-refractivity contribution in [2.24, 2.45) is 35.5 Å². The van der Waals surface area contributed by atoms with Crippen molar-refractivity contribution in [1.29, 1.82) is 0 Å². The number of unbranched alkanes of at least 4 members (excludes halogenated alkanes) is 6. The summed E-state index contributed by atoms with van der Waals surface area (Å²) >= 11 is 0. The molecule has 0 saturated heterocycles. The van der Waals surface area contributed by atoms with E-state index in [0.717, 1.165) is 53.2 Å². The molecule has 0 aromatic rings. The van der Waals surface area contributed by atoms with Gasteiger partial charge in [0.1, 0.15) is 0 Å². The van der Waals surface area contributed by atoms with Crippen LogP contribution in [0.2, 0.25) is 24.2 Å². The van der Waals surface area contributed by atoms with Crippen molar-refractivity contribution in [1.82, 2.24) is 0 Å². The molecular weight excluding hydrogens is 476 g/mol. The zero-order chi connectivity index (χ0) is 27.2. The van der Waals surface area contributed by atoms with E-state index >= 15 is 0 Å². The smallest absolute Gasteiger partial charge is 0.0598 e. The number of hydrogen-bond donors (Lipinski definition) is 0. The Kier molecular flexibility index (Phi) is 11.8.